The van der Waals surface area contributed by atoms with Crippen LogP contribution in [0.3, 0.4) is 0 Å². The minimum absolute atomic E-state index is 0.0860. The van der Waals surface area contributed by atoms with Gasteiger partial charge in [-0.15, -0.1) is 11.8 Å². The number of amides is 1. The van der Waals surface area contributed by atoms with Crippen molar-refractivity contribution in [2.45, 2.75) is 43.9 Å². The van der Waals surface area contributed by atoms with Crippen LogP contribution in [0.25, 0.3) is 0 Å². The van der Waals surface area contributed by atoms with E-state index in [2.05, 4.69) is 15.5 Å². The molecule has 29 heavy (non-hydrogen) atoms. The smallest absolute Gasteiger partial charge is 0.252 e. The van der Waals surface area contributed by atoms with Crippen molar-refractivity contribution in [3.05, 3.63) is 71.4 Å². The minimum atomic E-state index is -0.0860. The second-order valence-corrected chi connectivity index (χ2v) is 7.85. The van der Waals surface area contributed by atoms with Gasteiger partial charge in [0.2, 0.25) is 5.89 Å². The van der Waals surface area contributed by atoms with Crippen molar-refractivity contribution in [2.75, 3.05) is 6.54 Å². The number of carbonyl (C=O) groups excluding carboxylic acids is 1. The van der Waals surface area contributed by atoms with Crippen LogP contribution in [-0.2, 0) is 12.2 Å². The normalized spacial score (nSPS) is 10.9. The molecule has 1 aromatic heterocycles. The molecule has 0 aliphatic heterocycles. The summed E-state index contributed by atoms with van der Waals surface area (Å²) in [5, 5.41) is 6.90. The van der Waals surface area contributed by atoms with Crippen molar-refractivity contribution in [1.29, 1.82) is 0 Å². The maximum Gasteiger partial charge on any atom is 0.252 e. The van der Waals surface area contributed by atoms with Gasteiger partial charge in [0.05, 0.1) is 17.4 Å². The average Bonchev–Trinajstić information content (AvgIpc) is 3.12. The minimum Gasteiger partial charge on any atom is -0.491 e. The summed E-state index contributed by atoms with van der Waals surface area (Å²) in [5.74, 6) is 2.47. The predicted octanol–water partition coefficient (Wildman–Crippen LogP) is 4.43. The number of hydrogen-bond donors (Lipinski definition) is 1. The predicted molar refractivity (Wildman–Crippen MR) is 113 cm³/mol. The Morgan fingerprint density at radius 2 is 1.93 bits per heavy atom. The first-order chi connectivity index (χ1) is 14.0. The zero-order chi connectivity index (χ0) is 20.6. The highest BCUT2D eigenvalue weighted by Gasteiger charge is 2.12. The van der Waals surface area contributed by atoms with Crippen molar-refractivity contribution in [3.8, 4) is 5.75 Å². The lowest BCUT2D eigenvalue weighted by molar-refractivity contribution is 0.0951. The Bertz CT molecular complexity index is 938. The maximum atomic E-state index is 12.7. The lowest BCUT2D eigenvalue weighted by atomic mass is 10.1. The molecule has 0 saturated carbocycles. The van der Waals surface area contributed by atoms with Gasteiger partial charge in [-0.2, -0.15) is 4.98 Å². The second kappa shape index (κ2) is 10.1. The topological polar surface area (TPSA) is 77.2 Å². The Morgan fingerprint density at radius 1 is 1.17 bits per heavy atom. The molecule has 2 aromatic carbocycles. The largest absolute Gasteiger partial charge is 0.491 e. The van der Waals surface area contributed by atoms with Gasteiger partial charge in [-0.3, -0.25) is 4.79 Å². The summed E-state index contributed by atoms with van der Waals surface area (Å²) >= 11 is 1.52. The van der Waals surface area contributed by atoms with Crippen LogP contribution in [0, 0.1) is 6.92 Å². The van der Waals surface area contributed by atoms with Crippen molar-refractivity contribution < 1.29 is 14.1 Å². The molecule has 0 radical (unpaired) electrons. The van der Waals surface area contributed by atoms with E-state index in [1.165, 1.54) is 11.8 Å². The number of nitrogens with zero attached hydrogens (tertiary/aromatic N) is 2. The van der Waals surface area contributed by atoms with E-state index in [0.717, 1.165) is 22.6 Å². The summed E-state index contributed by atoms with van der Waals surface area (Å²) in [7, 11) is 0. The second-order valence-electron chi connectivity index (χ2n) is 6.83. The van der Waals surface area contributed by atoms with Crippen LogP contribution in [0.4, 0.5) is 0 Å². The third kappa shape index (κ3) is 6.35. The molecule has 0 aliphatic rings. The number of aromatic nitrogens is 2. The molecule has 0 atom stereocenters. The van der Waals surface area contributed by atoms with E-state index in [1.807, 2.05) is 62.4 Å². The van der Waals surface area contributed by atoms with Crippen LogP contribution in [0.15, 0.2) is 57.9 Å². The number of benzene rings is 2. The number of ether oxygens (including phenoxy) is 1. The molecule has 0 fully saturated rings. The third-order valence-corrected chi connectivity index (χ3v) is 5.12. The highest BCUT2D eigenvalue weighted by molar-refractivity contribution is 7.98. The van der Waals surface area contributed by atoms with Gasteiger partial charge in [-0.1, -0.05) is 29.4 Å². The molecule has 0 aliphatic carbocycles. The monoisotopic (exact) mass is 411 g/mol. The number of hydrogen-bond acceptors (Lipinski definition) is 6. The van der Waals surface area contributed by atoms with Gasteiger partial charge < -0.3 is 14.6 Å². The zero-order valence-electron chi connectivity index (χ0n) is 16.8. The van der Waals surface area contributed by atoms with E-state index >= 15 is 0 Å². The van der Waals surface area contributed by atoms with Gasteiger partial charge in [0, 0.05) is 18.4 Å². The Hall–Kier alpha value is -2.80. The molecular formula is C22H25N3O3S. The maximum absolute atomic E-state index is 12.7. The quantitative estimate of drug-likeness (QED) is 0.525. The lowest BCUT2D eigenvalue weighted by Gasteiger charge is -2.11. The summed E-state index contributed by atoms with van der Waals surface area (Å²) in [5.41, 5.74) is 1.80. The molecule has 3 rings (SSSR count). The van der Waals surface area contributed by atoms with Gasteiger partial charge in [-0.25, -0.2) is 0 Å². The number of thioether (sulfide) groups is 1. The molecule has 1 N–H and O–H groups in total. The first-order valence-electron chi connectivity index (χ1n) is 9.56. The summed E-state index contributed by atoms with van der Waals surface area (Å²) in [4.78, 5) is 17.7. The Labute approximate surface area is 175 Å². The van der Waals surface area contributed by atoms with Crippen molar-refractivity contribution >= 4 is 17.7 Å². The molecule has 0 spiro atoms. The van der Waals surface area contributed by atoms with Crippen LogP contribution in [0.1, 0.15) is 41.5 Å². The van der Waals surface area contributed by atoms with Crippen molar-refractivity contribution in [2.24, 2.45) is 0 Å². The first kappa shape index (κ1) is 20.9. The van der Waals surface area contributed by atoms with Gasteiger partial charge in [-0.05, 0) is 50.1 Å². The van der Waals surface area contributed by atoms with Gasteiger partial charge in [0.25, 0.3) is 5.91 Å². The van der Waals surface area contributed by atoms with E-state index in [4.69, 9.17) is 9.26 Å². The van der Waals surface area contributed by atoms with Gasteiger partial charge >= 0.3 is 0 Å². The highest BCUT2D eigenvalue weighted by atomic mass is 32.2. The van der Waals surface area contributed by atoms with Crippen molar-refractivity contribution in [1.82, 2.24) is 15.5 Å². The van der Waals surface area contributed by atoms with E-state index in [9.17, 15) is 4.79 Å². The fourth-order valence-electron chi connectivity index (χ4n) is 2.74. The number of aryl methyl sites for hydroxylation is 1. The Kier molecular flexibility index (Phi) is 7.30. The fraction of sp³-hybridized carbons (Fsp3) is 0.318. The molecule has 3 aromatic rings. The summed E-state index contributed by atoms with van der Waals surface area (Å²) < 4.78 is 10.6. The van der Waals surface area contributed by atoms with Crippen LogP contribution in [0.5, 0.6) is 5.75 Å². The molecular weight excluding hydrogens is 386 g/mol. The molecule has 0 unspecified atom stereocenters. The van der Waals surface area contributed by atoms with Crippen molar-refractivity contribution in [3.63, 3.8) is 0 Å². The molecule has 6 nitrogen and oxygen atoms in total. The van der Waals surface area contributed by atoms with Gasteiger partial charge in [0.15, 0.2) is 5.82 Å². The standard InChI is InChI=1S/C22H25N3O3S/c1-15(2)27-18-10-8-17(9-11-18)12-13-23-22(26)19-6-4-5-7-20(19)29-14-21-24-16(3)28-25-21/h4-11,15H,12-14H2,1-3H3,(H,23,26). The molecule has 0 bridgehead atoms. The highest BCUT2D eigenvalue weighted by Crippen LogP contribution is 2.25. The Balaban J connectivity index is 1.52. The lowest BCUT2D eigenvalue weighted by Crippen LogP contribution is -2.26. The number of nitrogens with one attached hydrogen (secondary N) is 1. The zero-order valence-corrected chi connectivity index (χ0v) is 17.7. The average molecular weight is 412 g/mol. The molecule has 1 heterocycles. The van der Waals surface area contributed by atoms with E-state index in [-0.39, 0.29) is 12.0 Å². The summed E-state index contributed by atoms with van der Waals surface area (Å²) in [6, 6.07) is 15.5. The van der Waals surface area contributed by atoms with Crippen LogP contribution >= 0.6 is 11.8 Å². The Morgan fingerprint density at radius 3 is 2.62 bits per heavy atom. The first-order valence-corrected chi connectivity index (χ1v) is 10.5. The third-order valence-electron chi connectivity index (χ3n) is 4.05. The fourth-order valence-corrected chi connectivity index (χ4v) is 3.64. The van der Waals surface area contributed by atoms with Crippen LogP contribution < -0.4 is 10.1 Å². The SMILES string of the molecule is Cc1nc(CSc2ccccc2C(=O)NCCc2ccc(OC(C)C)cc2)no1. The van der Waals surface area contributed by atoms with E-state index in [0.29, 0.717) is 29.6 Å². The number of rotatable bonds is 9. The number of carbonyl (C=O) groups is 1. The van der Waals surface area contributed by atoms with Crippen LogP contribution in [-0.4, -0.2) is 28.7 Å². The molecule has 7 heteroatoms. The summed E-state index contributed by atoms with van der Waals surface area (Å²) in [6.45, 7) is 6.32. The molecule has 1 amide bonds. The van der Waals surface area contributed by atoms with Gasteiger partial charge in [0.1, 0.15) is 5.75 Å². The summed E-state index contributed by atoms with van der Waals surface area (Å²) in [6.07, 6.45) is 0.910. The van der Waals surface area contributed by atoms with Crippen LogP contribution in [0.2, 0.25) is 0 Å². The molecule has 152 valence electrons. The van der Waals surface area contributed by atoms with E-state index < -0.39 is 0 Å². The molecule has 0 saturated heterocycles. The van der Waals surface area contributed by atoms with E-state index in [1.54, 1.807) is 6.92 Å².